The molecule has 0 amide bonds. The van der Waals surface area contributed by atoms with Gasteiger partial charge in [0.15, 0.2) is 0 Å². The lowest BCUT2D eigenvalue weighted by Gasteiger charge is -2.17. The van der Waals surface area contributed by atoms with E-state index in [4.69, 9.17) is 11.6 Å². The second kappa shape index (κ2) is 6.92. The number of hydrogen-bond acceptors (Lipinski definition) is 3. The van der Waals surface area contributed by atoms with Gasteiger partial charge in [-0.2, -0.15) is 0 Å². The average Bonchev–Trinajstić information content (AvgIpc) is 2.29. The molecule has 1 aromatic rings. The highest BCUT2D eigenvalue weighted by molar-refractivity contribution is 9.10. The maximum Gasteiger partial charge on any atom is 0.236 e. The minimum Gasteiger partial charge on any atom is -0.313 e. The van der Waals surface area contributed by atoms with Crippen LogP contribution < -0.4 is 10.0 Å². The first-order chi connectivity index (χ1) is 8.72. The number of hydrogen-bond donors (Lipinski definition) is 2. The molecule has 1 atom stereocenters. The Morgan fingerprint density at radius 1 is 1.32 bits per heavy atom. The molecule has 0 bridgehead atoms. The second-order valence-electron chi connectivity index (χ2n) is 4.64. The number of nitrogens with one attached hydrogen (secondary N) is 2. The van der Waals surface area contributed by atoms with Gasteiger partial charge in [0.25, 0.3) is 0 Å². The molecule has 0 aliphatic carbocycles. The van der Waals surface area contributed by atoms with Gasteiger partial charge in [-0.15, -0.1) is 0 Å². The van der Waals surface area contributed by atoms with Gasteiger partial charge in [0, 0.05) is 22.1 Å². The van der Waals surface area contributed by atoms with Crippen LogP contribution in [-0.4, -0.2) is 26.3 Å². The summed E-state index contributed by atoms with van der Waals surface area (Å²) in [5.41, 5.74) is 0.487. The largest absolute Gasteiger partial charge is 0.313 e. The Bertz CT molecular complexity index is 535. The van der Waals surface area contributed by atoms with Crippen molar-refractivity contribution < 1.29 is 8.42 Å². The highest BCUT2D eigenvalue weighted by atomic mass is 79.9. The monoisotopic (exact) mass is 368 g/mol. The maximum absolute atomic E-state index is 12.1. The van der Waals surface area contributed by atoms with Crippen LogP contribution >= 0.6 is 27.5 Å². The number of anilines is 1. The van der Waals surface area contributed by atoms with Crippen LogP contribution in [0.25, 0.3) is 0 Å². The van der Waals surface area contributed by atoms with E-state index in [1.54, 1.807) is 25.1 Å². The van der Waals surface area contributed by atoms with Crippen molar-refractivity contribution in [3.05, 3.63) is 27.7 Å². The first-order valence-electron chi connectivity index (χ1n) is 5.92. The average molecular weight is 370 g/mol. The van der Waals surface area contributed by atoms with Gasteiger partial charge in [-0.1, -0.05) is 25.4 Å². The maximum atomic E-state index is 12.1. The van der Waals surface area contributed by atoms with Crippen molar-refractivity contribution in [2.24, 2.45) is 0 Å². The zero-order valence-electron chi connectivity index (χ0n) is 11.1. The summed E-state index contributed by atoms with van der Waals surface area (Å²) < 4.78 is 27.5. The Kier molecular flexibility index (Phi) is 6.11. The molecule has 0 aliphatic heterocycles. The summed E-state index contributed by atoms with van der Waals surface area (Å²) in [5.74, 6) is 0. The van der Waals surface area contributed by atoms with Gasteiger partial charge in [-0.3, -0.25) is 4.72 Å². The molecule has 2 N–H and O–H groups in total. The van der Waals surface area contributed by atoms with Crippen molar-refractivity contribution in [3.8, 4) is 0 Å². The molecule has 7 heteroatoms. The van der Waals surface area contributed by atoms with Crippen molar-refractivity contribution in [3.63, 3.8) is 0 Å². The number of rotatable bonds is 6. The summed E-state index contributed by atoms with van der Waals surface area (Å²) in [6.07, 6.45) is 0. The third-order valence-electron chi connectivity index (χ3n) is 2.53. The van der Waals surface area contributed by atoms with E-state index in [2.05, 4.69) is 26.0 Å². The number of benzene rings is 1. The highest BCUT2D eigenvalue weighted by Crippen LogP contribution is 2.27. The molecule has 108 valence electrons. The van der Waals surface area contributed by atoms with Crippen LogP contribution in [0.3, 0.4) is 0 Å². The molecule has 4 nitrogen and oxygen atoms in total. The summed E-state index contributed by atoms with van der Waals surface area (Å²) in [6, 6.07) is 5.17. The Hall–Kier alpha value is -0.300. The molecule has 19 heavy (non-hydrogen) atoms. The zero-order chi connectivity index (χ0) is 14.6. The number of sulfonamides is 1. The SMILES string of the molecule is CC(C)NCC(C)S(=O)(=O)Nc1ccc(Cl)cc1Br. The van der Waals surface area contributed by atoms with Crippen LogP contribution in [0.2, 0.25) is 5.02 Å². The third-order valence-corrected chi connectivity index (χ3v) is 5.15. The molecule has 0 radical (unpaired) electrons. The Morgan fingerprint density at radius 2 is 1.95 bits per heavy atom. The fraction of sp³-hybridized carbons (Fsp3) is 0.500. The molecular weight excluding hydrogens is 352 g/mol. The summed E-state index contributed by atoms with van der Waals surface area (Å²) in [6.45, 7) is 6.02. The predicted octanol–water partition coefficient (Wildman–Crippen LogP) is 3.23. The Morgan fingerprint density at radius 3 is 2.47 bits per heavy atom. The van der Waals surface area contributed by atoms with Crippen molar-refractivity contribution in [1.82, 2.24) is 5.32 Å². The normalized spacial score (nSPS) is 13.6. The van der Waals surface area contributed by atoms with Crippen LogP contribution in [-0.2, 0) is 10.0 Å². The van der Waals surface area contributed by atoms with Crippen molar-refractivity contribution >= 4 is 43.2 Å². The van der Waals surface area contributed by atoms with Crippen molar-refractivity contribution in [2.75, 3.05) is 11.3 Å². The van der Waals surface area contributed by atoms with Crippen LogP contribution in [0.4, 0.5) is 5.69 Å². The van der Waals surface area contributed by atoms with Gasteiger partial charge in [0.05, 0.1) is 10.9 Å². The van der Waals surface area contributed by atoms with Crippen LogP contribution in [0.5, 0.6) is 0 Å². The lowest BCUT2D eigenvalue weighted by molar-refractivity contribution is 0.553. The highest BCUT2D eigenvalue weighted by Gasteiger charge is 2.21. The second-order valence-corrected chi connectivity index (χ2v) is 8.03. The van der Waals surface area contributed by atoms with E-state index >= 15 is 0 Å². The molecule has 0 spiro atoms. The lowest BCUT2D eigenvalue weighted by atomic mass is 10.3. The van der Waals surface area contributed by atoms with E-state index in [1.165, 1.54) is 0 Å². The van der Waals surface area contributed by atoms with Crippen molar-refractivity contribution in [1.29, 1.82) is 0 Å². The van der Waals surface area contributed by atoms with E-state index in [9.17, 15) is 8.42 Å². The van der Waals surface area contributed by atoms with E-state index < -0.39 is 15.3 Å². The molecule has 1 aromatic carbocycles. The summed E-state index contributed by atoms with van der Waals surface area (Å²) in [5, 5.41) is 3.12. The third kappa shape index (κ3) is 5.30. The summed E-state index contributed by atoms with van der Waals surface area (Å²) >= 11 is 9.10. The first-order valence-corrected chi connectivity index (χ1v) is 8.64. The van der Waals surface area contributed by atoms with Gasteiger partial charge >= 0.3 is 0 Å². The van der Waals surface area contributed by atoms with Crippen LogP contribution in [0.15, 0.2) is 22.7 Å². The lowest BCUT2D eigenvalue weighted by Crippen LogP contribution is -2.37. The summed E-state index contributed by atoms with van der Waals surface area (Å²) in [4.78, 5) is 0. The van der Waals surface area contributed by atoms with E-state index in [1.807, 2.05) is 13.8 Å². The van der Waals surface area contributed by atoms with Gasteiger partial charge in [0.1, 0.15) is 0 Å². The molecule has 0 fully saturated rings. The molecule has 0 saturated carbocycles. The first kappa shape index (κ1) is 16.8. The molecule has 0 aromatic heterocycles. The van der Waals surface area contributed by atoms with E-state index in [0.29, 0.717) is 21.7 Å². The topological polar surface area (TPSA) is 58.2 Å². The molecule has 0 heterocycles. The van der Waals surface area contributed by atoms with Gasteiger partial charge in [0.2, 0.25) is 10.0 Å². The molecular formula is C12H18BrClN2O2S. The smallest absolute Gasteiger partial charge is 0.236 e. The fourth-order valence-electron chi connectivity index (χ4n) is 1.34. The Labute approximate surface area is 128 Å². The zero-order valence-corrected chi connectivity index (χ0v) is 14.2. The molecule has 0 aliphatic rings. The molecule has 0 saturated heterocycles. The number of halogens is 2. The van der Waals surface area contributed by atoms with Crippen LogP contribution in [0, 0.1) is 0 Å². The fourth-order valence-corrected chi connectivity index (χ4v) is 3.25. The predicted molar refractivity (Wildman–Crippen MR) is 84.3 cm³/mol. The quantitative estimate of drug-likeness (QED) is 0.809. The standard InChI is InChI=1S/C12H18BrClN2O2S/c1-8(2)15-7-9(3)19(17,18)16-12-5-4-10(14)6-11(12)13/h4-6,8-9,15-16H,7H2,1-3H3. The molecule has 1 rings (SSSR count). The molecule has 1 unspecified atom stereocenters. The minimum absolute atomic E-state index is 0.250. The minimum atomic E-state index is -3.43. The van der Waals surface area contributed by atoms with Crippen molar-refractivity contribution in [2.45, 2.75) is 32.1 Å². The van der Waals surface area contributed by atoms with E-state index in [-0.39, 0.29) is 6.04 Å². The van der Waals surface area contributed by atoms with E-state index in [0.717, 1.165) is 0 Å². The van der Waals surface area contributed by atoms with Gasteiger partial charge < -0.3 is 5.32 Å². The summed E-state index contributed by atoms with van der Waals surface area (Å²) in [7, 11) is -3.43. The van der Waals surface area contributed by atoms with Gasteiger partial charge in [-0.25, -0.2) is 8.42 Å². The Balaban J connectivity index is 2.78. The van der Waals surface area contributed by atoms with Crippen LogP contribution in [0.1, 0.15) is 20.8 Å². The van der Waals surface area contributed by atoms with Gasteiger partial charge in [-0.05, 0) is 41.1 Å².